The number of hydrogen-bond donors (Lipinski definition) is 1. The summed E-state index contributed by atoms with van der Waals surface area (Å²) in [5.41, 5.74) is 0. The van der Waals surface area contributed by atoms with E-state index in [1.54, 1.807) is 6.92 Å². The van der Waals surface area contributed by atoms with Crippen molar-refractivity contribution in [3.63, 3.8) is 0 Å². The Bertz CT molecular complexity index is 203. The molecule has 0 aromatic rings. The van der Waals surface area contributed by atoms with Crippen molar-refractivity contribution in [2.24, 2.45) is 5.90 Å². The molecule has 0 atom stereocenters. The number of ether oxygens (including phenoxy) is 1. The summed E-state index contributed by atoms with van der Waals surface area (Å²) in [7, 11) is -3.04. The van der Waals surface area contributed by atoms with Crippen LogP contribution in [0.2, 0.25) is 0 Å². The van der Waals surface area contributed by atoms with Gasteiger partial charge < -0.3 is 9.57 Å². The first-order chi connectivity index (χ1) is 6.12. The Balaban J connectivity index is 3.52. The van der Waals surface area contributed by atoms with E-state index in [9.17, 15) is 8.42 Å². The van der Waals surface area contributed by atoms with Crippen LogP contribution >= 0.6 is 0 Å². The van der Waals surface area contributed by atoms with Gasteiger partial charge in [0, 0.05) is 6.61 Å². The van der Waals surface area contributed by atoms with Gasteiger partial charge in [-0.25, -0.2) is 14.3 Å². The van der Waals surface area contributed by atoms with Crippen molar-refractivity contribution >= 4 is 9.84 Å². The molecule has 0 radical (unpaired) electrons. The zero-order valence-corrected chi connectivity index (χ0v) is 8.68. The lowest BCUT2D eigenvalue weighted by atomic mass is 10.4. The van der Waals surface area contributed by atoms with Crippen LogP contribution in [0.15, 0.2) is 0 Å². The van der Waals surface area contributed by atoms with E-state index in [0.29, 0.717) is 26.1 Å². The van der Waals surface area contributed by atoms with E-state index >= 15 is 0 Å². The number of rotatable bonds is 8. The topological polar surface area (TPSA) is 78.6 Å². The van der Waals surface area contributed by atoms with Crippen molar-refractivity contribution in [2.45, 2.75) is 19.8 Å². The average Bonchev–Trinajstić information content (AvgIpc) is 2.09. The lowest BCUT2D eigenvalue weighted by Crippen LogP contribution is -2.14. The normalized spacial score (nSPS) is 11.8. The molecule has 0 aromatic carbocycles. The lowest BCUT2D eigenvalue weighted by molar-refractivity contribution is 0.135. The predicted octanol–water partition coefficient (Wildman–Crippen LogP) is 0.0657. The van der Waals surface area contributed by atoms with Crippen LogP contribution in [0.3, 0.4) is 0 Å². The maximum atomic E-state index is 11.2. The van der Waals surface area contributed by atoms with Crippen LogP contribution in [0.5, 0.6) is 0 Å². The minimum Gasteiger partial charge on any atom is -0.366 e. The molecule has 0 rings (SSSR count). The van der Waals surface area contributed by atoms with Gasteiger partial charge in [-0.2, -0.15) is 0 Å². The SMILES string of the molecule is CCOCS(=O)(=O)CCCCON. The molecule has 0 fully saturated rings. The maximum absolute atomic E-state index is 11.2. The number of nitrogens with two attached hydrogens (primary N) is 1. The van der Waals surface area contributed by atoms with Crippen molar-refractivity contribution in [1.29, 1.82) is 0 Å². The molecule has 6 heteroatoms. The molecule has 0 unspecified atom stereocenters. The van der Waals surface area contributed by atoms with Gasteiger partial charge in [0.2, 0.25) is 0 Å². The second-order valence-electron chi connectivity index (χ2n) is 2.64. The Hall–Kier alpha value is -0.170. The van der Waals surface area contributed by atoms with Crippen molar-refractivity contribution in [2.75, 3.05) is 24.9 Å². The van der Waals surface area contributed by atoms with Crippen LogP contribution in [0.4, 0.5) is 0 Å². The molecule has 0 aromatic heterocycles. The fourth-order valence-electron chi connectivity index (χ4n) is 0.777. The fraction of sp³-hybridized carbons (Fsp3) is 1.00. The Labute approximate surface area is 79.1 Å². The first-order valence-corrected chi connectivity index (χ1v) is 6.04. The summed E-state index contributed by atoms with van der Waals surface area (Å²) >= 11 is 0. The summed E-state index contributed by atoms with van der Waals surface area (Å²) in [4.78, 5) is 4.31. The van der Waals surface area contributed by atoms with Gasteiger partial charge in [0.15, 0.2) is 9.84 Å². The van der Waals surface area contributed by atoms with Crippen LogP contribution < -0.4 is 5.90 Å². The van der Waals surface area contributed by atoms with Gasteiger partial charge in [0.05, 0.1) is 12.4 Å². The molecule has 0 amide bonds. The third kappa shape index (κ3) is 8.17. The number of unbranched alkanes of at least 4 members (excludes halogenated alkanes) is 1. The predicted molar refractivity (Wildman–Crippen MR) is 49.7 cm³/mol. The highest BCUT2D eigenvalue weighted by Crippen LogP contribution is 1.98. The first-order valence-electron chi connectivity index (χ1n) is 4.22. The van der Waals surface area contributed by atoms with Gasteiger partial charge in [-0.1, -0.05) is 0 Å². The summed E-state index contributed by atoms with van der Waals surface area (Å²) in [6.45, 7) is 2.58. The molecule has 0 heterocycles. The molecular weight excluding hydrogens is 194 g/mol. The molecular formula is C7H17NO4S. The summed E-state index contributed by atoms with van der Waals surface area (Å²) in [5, 5.41) is 0. The Morgan fingerprint density at radius 2 is 2.00 bits per heavy atom. The van der Waals surface area contributed by atoms with Crippen LogP contribution in [0.25, 0.3) is 0 Å². The second-order valence-corrected chi connectivity index (χ2v) is 4.77. The second kappa shape index (κ2) is 7.25. The van der Waals surface area contributed by atoms with E-state index in [1.165, 1.54) is 0 Å². The molecule has 0 saturated carbocycles. The van der Waals surface area contributed by atoms with Crippen LogP contribution in [0, 0.1) is 0 Å². The molecule has 0 bridgehead atoms. The third-order valence-electron chi connectivity index (χ3n) is 1.43. The fourth-order valence-corrected chi connectivity index (χ4v) is 1.96. The largest absolute Gasteiger partial charge is 0.366 e. The van der Waals surface area contributed by atoms with Gasteiger partial charge in [0.1, 0.15) is 5.94 Å². The third-order valence-corrected chi connectivity index (χ3v) is 2.87. The van der Waals surface area contributed by atoms with E-state index in [2.05, 4.69) is 4.84 Å². The standard InChI is InChI=1S/C7H17NO4S/c1-2-11-7-13(9,10)6-4-3-5-12-8/h2-8H2,1H3. The molecule has 0 aliphatic carbocycles. The smallest absolute Gasteiger partial charge is 0.174 e. The molecule has 0 spiro atoms. The summed E-state index contributed by atoms with van der Waals surface area (Å²) in [6, 6.07) is 0. The highest BCUT2D eigenvalue weighted by Gasteiger charge is 2.09. The van der Waals surface area contributed by atoms with E-state index in [-0.39, 0.29) is 11.7 Å². The van der Waals surface area contributed by atoms with Crippen LogP contribution in [-0.4, -0.2) is 33.3 Å². The zero-order valence-electron chi connectivity index (χ0n) is 7.86. The van der Waals surface area contributed by atoms with E-state index < -0.39 is 9.84 Å². The van der Waals surface area contributed by atoms with Crippen LogP contribution in [0.1, 0.15) is 19.8 Å². The molecule has 0 aliphatic heterocycles. The first kappa shape index (κ1) is 12.8. The quantitative estimate of drug-likeness (QED) is 0.454. The van der Waals surface area contributed by atoms with Gasteiger partial charge in [-0.3, -0.25) is 0 Å². The lowest BCUT2D eigenvalue weighted by Gasteiger charge is -2.03. The van der Waals surface area contributed by atoms with Crippen molar-refractivity contribution < 1.29 is 18.0 Å². The molecule has 0 aliphatic rings. The molecule has 5 nitrogen and oxygen atoms in total. The Kier molecular flexibility index (Phi) is 7.16. The average molecular weight is 211 g/mol. The van der Waals surface area contributed by atoms with Gasteiger partial charge in [0.25, 0.3) is 0 Å². The van der Waals surface area contributed by atoms with E-state index in [4.69, 9.17) is 10.6 Å². The summed E-state index contributed by atoms with van der Waals surface area (Å²) in [6.07, 6.45) is 1.22. The summed E-state index contributed by atoms with van der Waals surface area (Å²) < 4.78 is 27.1. The van der Waals surface area contributed by atoms with Crippen molar-refractivity contribution in [3.8, 4) is 0 Å². The Morgan fingerprint density at radius 1 is 1.31 bits per heavy atom. The highest BCUT2D eigenvalue weighted by atomic mass is 32.2. The number of sulfone groups is 1. The molecule has 13 heavy (non-hydrogen) atoms. The van der Waals surface area contributed by atoms with Gasteiger partial charge >= 0.3 is 0 Å². The molecule has 80 valence electrons. The van der Waals surface area contributed by atoms with E-state index in [1.807, 2.05) is 0 Å². The summed E-state index contributed by atoms with van der Waals surface area (Å²) in [5.74, 6) is 4.73. The van der Waals surface area contributed by atoms with Crippen molar-refractivity contribution in [3.05, 3.63) is 0 Å². The van der Waals surface area contributed by atoms with Gasteiger partial charge in [-0.15, -0.1) is 0 Å². The minimum absolute atomic E-state index is 0.135. The molecule has 0 saturated heterocycles. The minimum atomic E-state index is -3.04. The van der Waals surface area contributed by atoms with Gasteiger partial charge in [-0.05, 0) is 19.8 Å². The zero-order chi connectivity index (χ0) is 10.2. The highest BCUT2D eigenvalue weighted by molar-refractivity contribution is 7.91. The maximum Gasteiger partial charge on any atom is 0.174 e. The van der Waals surface area contributed by atoms with E-state index in [0.717, 1.165) is 0 Å². The van der Waals surface area contributed by atoms with Crippen molar-refractivity contribution in [1.82, 2.24) is 0 Å². The van der Waals surface area contributed by atoms with Crippen LogP contribution in [-0.2, 0) is 19.4 Å². The Morgan fingerprint density at radius 3 is 2.54 bits per heavy atom. The monoisotopic (exact) mass is 211 g/mol. The number of hydrogen-bond acceptors (Lipinski definition) is 5. The molecule has 2 N–H and O–H groups in total.